The molecule has 0 aliphatic rings. The molecule has 1 N–H and O–H groups in total. The van der Waals surface area contributed by atoms with Gasteiger partial charge >= 0.3 is 0 Å². The molecule has 0 saturated carbocycles. The van der Waals surface area contributed by atoms with Crippen molar-refractivity contribution in [1.82, 2.24) is 0 Å². The fraction of sp³-hybridized carbons (Fsp3) is 0.381. The summed E-state index contributed by atoms with van der Waals surface area (Å²) in [5.74, 6) is 0.290. The summed E-state index contributed by atoms with van der Waals surface area (Å²) in [7, 11) is -3.66. The van der Waals surface area contributed by atoms with E-state index in [0.29, 0.717) is 17.1 Å². The van der Waals surface area contributed by atoms with Crippen molar-refractivity contribution in [3.05, 3.63) is 53.6 Å². The van der Waals surface area contributed by atoms with Gasteiger partial charge in [0.05, 0.1) is 18.0 Å². The highest BCUT2D eigenvalue weighted by atomic mass is 32.2. The first-order chi connectivity index (χ1) is 13.0. The molecule has 0 bridgehead atoms. The molecule has 0 aliphatic heterocycles. The standard InChI is InChI=1S/C21H28N2O4S/c1-14(2)27-19-11-9-18(10-12-19)22-21(24)17(5)23(28(6,25)26)20-13-15(3)7-8-16(20)4/h7-14,17H,1-6H3,(H,22,24)/t17-/m1/s1. The van der Waals surface area contributed by atoms with E-state index in [2.05, 4.69) is 5.32 Å². The Morgan fingerprint density at radius 2 is 1.64 bits per heavy atom. The Morgan fingerprint density at radius 3 is 2.18 bits per heavy atom. The summed E-state index contributed by atoms with van der Waals surface area (Å²) in [5, 5.41) is 2.78. The van der Waals surface area contributed by atoms with Gasteiger partial charge in [-0.05, 0) is 76.1 Å². The van der Waals surface area contributed by atoms with Crippen LogP contribution in [0, 0.1) is 13.8 Å². The van der Waals surface area contributed by atoms with Gasteiger partial charge in [-0.3, -0.25) is 9.10 Å². The Hall–Kier alpha value is -2.54. The van der Waals surface area contributed by atoms with Crippen LogP contribution in [0.4, 0.5) is 11.4 Å². The zero-order valence-corrected chi connectivity index (χ0v) is 18.0. The maximum Gasteiger partial charge on any atom is 0.247 e. The first-order valence-corrected chi connectivity index (χ1v) is 11.0. The van der Waals surface area contributed by atoms with Crippen LogP contribution in [0.2, 0.25) is 0 Å². The summed E-state index contributed by atoms with van der Waals surface area (Å²) < 4.78 is 31.7. The Balaban J connectivity index is 2.26. The third-order valence-corrected chi connectivity index (χ3v) is 5.41. The van der Waals surface area contributed by atoms with Crippen molar-refractivity contribution in [3.8, 4) is 5.75 Å². The second-order valence-electron chi connectivity index (χ2n) is 7.20. The van der Waals surface area contributed by atoms with Crippen molar-refractivity contribution in [1.29, 1.82) is 0 Å². The second-order valence-corrected chi connectivity index (χ2v) is 9.06. The largest absolute Gasteiger partial charge is 0.491 e. The molecule has 0 saturated heterocycles. The average Bonchev–Trinajstić information content (AvgIpc) is 2.58. The number of ether oxygens (including phenoxy) is 1. The highest BCUT2D eigenvalue weighted by molar-refractivity contribution is 7.92. The Morgan fingerprint density at radius 1 is 1.04 bits per heavy atom. The van der Waals surface area contributed by atoms with Gasteiger partial charge in [-0.15, -0.1) is 0 Å². The van der Waals surface area contributed by atoms with Crippen molar-refractivity contribution in [2.24, 2.45) is 0 Å². The molecule has 2 aromatic rings. The van der Waals surface area contributed by atoms with E-state index in [9.17, 15) is 13.2 Å². The van der Waals surface area contributed by atoms with Crippen LogP contribution in [0.3, 0.4) is 0 Å². The first kappa shape index (κ1) is 21.8. The van der Waals surface area contributed by atoms with E-state index < -0.39 is 22.0 Å². The van der Waals surface area contributed by atoms with Gasteiger partial charge in [-0.25, -0.2) is 8.42 Å². The van der Waals surface area contributed by atoms with Crippen LogP contribution in [0.15, 0.2) is 42.5 Å². The number of carbonyl (C=O) groups excluding carboxylic acids is 1. The summed E-state index contributed by atoms with van der Waals surface area (Å²) in [6.45, 7) is 9.16. The lowest BCUT2D eigenvalue weighted by molar-refractivity contribution is -0.116. The number of hydrogen-bond acceptors (Lipinski definition) is 4. The quantitative estimate of drug-likeness (QED) is 0.760. The summed E-state index contributed by atoms with van der Waals surface area (Å²) in [6.07, 6.45) is 1.16. The van der Waals surface area contributed by atoms with Crippen LogP contribution >= 0.6 is 0 Å². The van der Waals surface area contributed by atoms with Crippen molar-refractivity contribution in [3.63, 3.8) is 0 Å². The predicted octanol–water partition coefficient (Wildman–Crippen LogP) is 3.88. The Kier molecular flexibility index (Phi) is 6.72. The molecule has 2 aromatic carbocycles. The number of anilines is 2. The van der Waals surface area contributed by atoms with Gasteiger partial charge in [0.15, 0.2) is 0 Å². The number of amides is 1. The van der Waals surface area contributed by atoms with Crippen LogP contribution in [0.1, 0.15) is 31.9 Å². The van der Waals surface area contributed by atoms with Gasteiger partial charge in [0.1, 0.15) is 11.8 Å². The topological polar surface area (TPSA) is 75.7 Å². The molecule has 0 aliphatic carbocycles. The van der Waals surface area contributed by atoms with Crippen LogP contribution < -0.4 is 14.4 Å². The molecule has 0 fully saturated rings. The number of nitrogens with zero attached hydrogens (tertiary/aromatic N) is 1. The average molecular weight is 405 g/mol. The van der Waals surface area contributed by atoms with Gasteiger partial charge in [0, 0.05) is 5.69 Å². The number of benzene rings is 2. The van der Waals surface area contributed by atoms with Crippen LogP contribution in [-0.2, 0) is 14.8 Å². The third kappa shape index (κ3) is 5.48. The lowest BCUT2D eigenvalue weighted by atomic mass is 10.1. The van der Waals surface area contributed by atoms with Crippen molar-refractivity contribution in [2.75, 3.05) is 15.9 Å². The summed E-state index contributed by atoms with van der Waals surface area (Å²) >= 11 is 0. The molecule has 1 amide bonds. The lowest BCUT2D eigenvalue weighted by Gasteiger charge is -2.29. The van der Waals surface area contributed by atoms with Gasteiger partial charge in [0.2, 0.25) is 15.9 Å². The molecule has 0 unspecified atom stereocenters. The normalized spacial score (nSPS) is 12.5. The molecule has 2 rings (SSSR count). The fourth-order valence-corrected chi connectivity index (χ4v) is 4.10. The number of nitrogens with one attached hydrogen (secondary N) is 1. The van der Waals surface area contributed by atoms with E-state index in [1.54, 1.807) is 37.3 Å². The van der Waals surface area contributed by atoms with Crippen LogP contribution in [0.25, 0.3) is 0 Å². The minimum atomic E-state index is -3.66. The van der Waals surface area contributed by atoms with E-state index >= 15 is 0 Å². The fourth-order valence-electron chi connectivity index (χ4n) is 2.87. The van der Waals surface area contributed by atoms with E-state index in [4.69, 9.17) is 4.74 Å². The maximum atomic E-state index is 12.8. The minimum absolute atomic E-state index is 0.0568. The van der Waals surface area contributed by atoms with Gasteiger partial charge < -0.3 is 10.1 Å². The summed E-state index contributed by atoms with van der Waals surface area (Å²) in [4.78, 5) is 12.8. The highest BCUT2D eigenvalue weighted by Crippen LogP contribution is 2.27. The molecule has 1 atom stereocenters. The molecule has 28 heavy (non-hydrogen) atoms. The predicted molar refractivity (Wildman–Crippen MR) is 114 cm³/mol. The zero-order chi connectivity index (χ0) is 21.1. The minimum Gasteiger partial charge on any atom is -0.491 e. The Bertz CT molecular complexity index is 937. The number of aryl methyl sites for hydroxylation is 2. The molecule has 6 nitrogen and oxygen atoms in total. The van der Waals surface area contributed by atoms with Crippen LogP contribution in [-0.4, -0.2) is 32.7 Å². The molecule has 7 heteroatoms. The molecular weight excluding hydrogens is 376 g/mol. The number of rotatable bonds is 7. The number of sulfonamides is 1. The van der Waals surface area contributed by atoms with Crippen molar-refractivity contribution < 1.29 is 17.9 Å². The van der Waals surface area contributed by atoms with Crippen molar-refractivity contribution >= 4 is 27.3 Å². The second kappa shape index (κ2) is 8.65. The highest BCUT2D eigenvalue weighted by Gasteiger charge is 2.30. The SMILES string of the molecule is Cc1ccc(C)c(N([C@H](C)C(=O)Nc2ccc(OC(C)C)cc2)S(C)(=O)=O)c1. The van der Waals surface area contributed by atoms with Crippen LogP contribution in [0.5, 0.6) is 5.75 Å². The number of carbonyl (C=O) groups is 1. The van der Waals surface area contributed by atoms with Gasteiger partial charge in [0.25, 0.3) is 0 Å². The van der Waals surface area contributed by atoms with E-state index in [0.717, 1.165) is 17.4 Å². The molecule has 0 spiro atoms. The molecule has 0 aromatic heterocycles. The van der Waals surface area contributed by atoms with E-state index in [-0.39, 0.29) is 6.10 Å². The first-order valence-electron chi connectivity index (χ1n) is 9.13. The molecule has 152 valence electrons. The maximum absolute atomic E-state index is 12.8. The van der Waals surface area contributed by atoms with Gasteiger partial charge in [-0.1, -0.05) is 12.1 Å². The molecule has 0 radical (unpaired) electrons. The van der Waals surface area contributed by atoms with Crippen molar-refractivity contribution in [2.45, 2.75) is 46.8 Å². The lowest BCUT2D eigenvalue weighted by Crippen LogP contribution is -2.45. The monoisotopic (exact) mass is 404 g/mol. The smallest absolute Gasteiger partial charge is 0.247 e. The summed E-state index contributed by atoms with van der Waals surface area (Å²) in [6, 6.07) is 11.6. The molecule has 0 heterocycles. The molecular formula is C21H28N2O4S. The Labute approximate surface area is 167 Å². The van der Waals surface area contributed by atoms with Gasteiger partial charge in [-0.2, -0.15) is 0 Å². The third-order valence-electron chi connectivity index (χ3n) is 4.18. The summed E-state index contributed by atoms with van der Waals surface area (Å²) in [5.41, 5.74) is 2.78. The van der Waals surface area contributed by atoms with E-state index in [1.807, 2.05) is 39.8 Å². The number of hydrogen-bond donors (Lipinski definition) is 1. The zero-order valence-electron chi connectivity index (χ0n) is 17.2. The van der Waals surface area contributed by atoms with E-state index in [1.165, 1.54) is 4.31 Å².